The van der Waals surface area contributed by atoms with Gasteiger partial charge in [-0.2, -0.15) is 5.26 Å². The third-order valence-electron chi connectivity index (χ3n) is 3.31. The van der Waals surface area contributed by atoms with Gasteiger partial charge in [0.1, 0.15) is 6.04 Å². The lowest BCUT2D eigenvalue weighted by Gasteiger charge is -2.19. The number of β-amino-alcohol motifs (C(OH)–C–C–N with tert-alkyl or cyclic N) is 1. The minimum Gasteiger partial charge on any atom is -0.480 e. The zero-order valence-electron chi connectivity index (χ0n) is 11.1. The van der Waals surface area contributed by atoms with Crippen LogP contribution in [-0.4, -0.2) is 45.7 Å². The molecule has 6 nitrogen and oxygen atoms in total. The summed E-state index contributed by atoms with van der Waals surface area (Å²) in [4.78, 5) is 24.2. The molecule has 0 radical (unpaired) electrons. The van der Waals surface area contributed by atoms with E-state index in [0.29, 0.717) is 5.56 Å². The highest BCUT2D eigenvalue weighted by molar-refractivity contribution is 5.94. The number of carbonyl (C=O) groups excluding carboxylic acids is 1. The fraction of sp³-hybridized carbons (Fsp3) is 0.267. The molecule has 1 saturated heterocycles. The van der Waals surface area contributed by atoms with E-state index in [1.807, 2.05) is 6.07 Å². The van der Waals surface area contributed by atoms with Gasteiger partial charge in [0, 0.05) is 19.0 Å². The van der Waals surface area contributed by atoms with Crippen LogP contribution in [0.15, 0.2) is 30.3 Å². The van der Waals surface area contributed by atoms with Gasteiger partial charge in [-0.05, 0) is 23.8 Å². The van der Waals surface area contributed by atoms with Crippen LogP contribution in [0.1, 0.15) is 17.5 Å². The highest BCUT2D eigenvalue weighted by atomic mass is 16.4. The van der Waals surface area contributed by atoms with Crippen molar-refractivity contribution in [3.8, 4) is 6.07 Å². The van der Waals surface area contributed by atoms with E-state index < -0.39 is 24.0 Å². The molecule has 2 N–H and O–H groups in total. The van der Waals surface area contributed by atoms with Crippen LogP contribution in [0.2, 0.25) is 0 Å². The minimum atomic E-state index is -1.12. The molecule has 1 aromatic rings. The lowest BCUT2D eigenvalue weighted by atomic mass is 10.1. The number of carbonyl (C=O) groups is 2. The van der Waals surface area contributed by atoms with Gasteiger partial charge < -0.3 is 15.1 Å². The molecule has 1 heterocycles. The van der Waals surface area contributed by atoms with Gasteiger partial charge in [-0.1, -0.05) is 12.1 Å². The van der Waals surface area contributed by atoms with Gasteiger partial charge in [0.05, 0.1) is 17.7 Å². The van der Waals surface area contributed by atoms with Crippen molar-refractivity contribution in [3.63, 3.8) is 0 Å². The number of hydrogen-bond donors (Lipinski definition) is 2. The Labute approximate surface area is 121 Å². The Bertz CT molecular complexity index is 616. The number of aliphatic carboxylic acids is 1. The Kier molecular flexibility index (Phi) is 4.36. The van der Waals surface area contributed by atoms with Crippen LogP contribution in [-0.2, 0) is 9.59 Å². The number of carboxylic acid groups (broad SMARTS) is 1. The molecule has 1 aromatic carbocycles. The third kappa shape index (κ3) is 3.46. The van der Waals surface area contributed by atoms with E-state index in [1.54, 1.807) is 30.3 Å². The van der Waals surface area contributed by atoms with Gasteiger partial charge in [0.2, 0.25) is 5.91 Å². The molecule has 0 aromatic heterocycles. The van der Waals surface area contributed by atoms with Gasteiger partial charge in [-0.3, -0.25) is 4.79 Å². The van der Waals surface area contributed by atoms with Crippen LogP contribution in [0.3, 0.4) is 0 Å². The van der Waals surface area contributed by atoms with E-state index in [9.17, 15) is 14.7 Å². The molecule has 1 fully saturated rings. The summed E-state index contributed by atoms with van der Waals surface area (Å²) in [6.07, 6.45) is 2.06. The molecule has 0 saturated carbocycles. The Morgan fingerprint density at radius 3 is 2.57 bits per heavy atom. The fourth-order valence-corrected chi connectivity index (χ4v) is 2.22. The number of nitriles is 1. The first kappa shape index (κ1) is 14.8. The van der Waals surface area contributed by atoms with Crippen LogP contribution in [0.4, 0.5) is 0 Å². The summed E-state index contributed by atoms with van der Waals surface area (Å²) in [5.74, 6) is -1.57. The second kappa shape index (κ2) is 6.20. The molecule has 1 aliphatic heterocycles. The lowest BCUT2D eigenvalue weighted by Crippen LogP contribution is -2.39. The van der Waals surface area contributed by atoms with Gasteiger partial charge in [-0.25, -0.2) is 4.79 Å². The van der Waals surface area contributed by atoms with Crippen LogP contribution >= 0.6 is 0 Å². The number of nitrogens with zero attached hydrogens (tertiary/aromatic N) is 2. The first-order valence-corrected chi connectivity index (χ1v) is 6.41. The van der Waals surface area contributed by atoms with Crippen molar-refractivity contribution in [1.29, 1.82) is 5.26 Å². The van der Waals surface area contributed by atoms with Crippen molar-refractivity contribution in [2.45, 2.75) is 18.6 Å². The molecule has 1 amide bonds. The topological polar surface area (TPSA) is 102 Å². The van der Waals surface area contributed by atoms with Crippen LogP contribution in [0.5, 0.6) is 0 Å². The molecular weight excluding hydrogens is 272 g/mol. The average molecular weight is 286 g/mol. The van der Waals surface area contributed by atoms with Gasteiger partial charge >= 0.3 is 5.97 Å². The maximum absolute atomic E-state index is 12.0. The molecular formula is C15H14N2O4. The molecule has 2 atom stereocenters. The van der Waals surface area contributed by atoms with E-state index >= 15 is 0 Å². The molecule has 21 heavy (non-hydrogen) atoms. The molecule has 0 bridgehead atoms. The van der Waals surface area contributed by atoms with E-state index in [-0.39, 0.29) is 13.0 Å². The van der Waals surface area contributed by atoms with Crippen LogP contribution in [0.25, 0.3) is 6.08 Å². The number of amides is 1. The standard InChI is InChI=1S/C15H14N2O4/c16-8-11-3-1-10(2-4-11)5-6-14(19)17-9-12(18)7-13(17)15(20)21/h1-6,12-13,18H,7,9H2,(H,20,21)/t12-,13+/m1/s1. The lowest BCUT2D eigenvalue weighted by molar-refractivity contribution is -0.146. The normalized spacial score (nSPS) is 21.4. The first-order chi connectivity index (χ1) is 10.0. The van der Waals surface area contributed by atoms with E-state index in [4.69, 9.17) is 10.4 Å². The number of aliphatic hydroxyl groups is 1. The summed E-state index contributed by atoms with van der Waals surface area (Å²) in [6.45, 7) is 0.0213. The van der Waals surface area contributed by atoms with E-state index in [0.717, 1.165) is 10.5 Å². The summed E-state index contributed by atoms with van der Waals surface area (Å²) < 4.78 is 0. The maximum atomic E-state index is 12.0. The molecule has 2 rings (SSSR count). The van der Waals surface area contributed by atoms with Crippen molar-refractivity contribution in [3.05, 3.63) is 41.5 Å². The van der Waals surface area contributed by atoms with Crippen molar-refractivity contribution >= 4 is 18.0 Å². The van der Waals surface area contributed by atoms with Gasteiger partial charge in [-0.15, -0.1) is 0 Å². The highest BCUT2D eigenvalue weighted by Gasteiger charge is 2.37. The number of rotatable bonds is 3. The number of carboxylic acids is 1. The zero-order chi connectivity index (χ0) is 15.4. The van der Waals surface area contributed by atoms with Gasteiger partial charge in [0.25, 0.3) is 0 Å². The number of likely N-dealkylation sites (tertiary alicyclic amines) is 1. The number of aliphatic hydroxyl groups excluding tert-OH is 1. The van der Waals surface area contributed by atoms with Crippen molar-refractivity contribution in [2.75, 3.05) is 6.54 Å². The summed E-state index contributed by atoms with van der Waals surface area (Å²) >= 11 is 0. The number of benzene rings is 1. The largest absolute Gasteiger partial charge is 0.480 e. The summed E-state index contributed by atoms with van der Waals surface area (Å²) in [7, 11) is 0. The molecule has 6 heteroatoms. The molecule has 1 aliphatic rings. The summed E-state index contributed by atoms with van der Waals surface area (Å²) in [5.41, 5.74) is 1.25. The summed E-state index contributed by atoms with van der Waals surface area (Å²) in [6, 6.07) is 7.64. The quantitative estimate of drug-likeness (QED) is 0.793. The van der Waals surface area contributed by atoms with Crippen molar-refractivity contribution in [1.82, 2.24) is 4.90 Å². The Hall–Kier alpha value is -2.65. The molecule has 0 unspecified atom stereocenters. The van der Waals surface area contributed by atoms with E-state index in [2.05, 4.69) is 0 Å². The monoisotopic (exact) mass is 286 g/mol. The first-order valence-electron chi connectivity index (χ1n) is 6.41. The van der Waals surface area contributed by atoms with Crippen LogP contribution in [0, 0.1) is 11.3 Å². The van der Waals surface area contributed by atoms with Crippen molar-refractivity contribution in [2.24, 2.45) is 0 Å². The van der Waals surface area contributed by atoms with E-state index in [1.165, 1.54) is 6.08 Å². The highest BCUT2D eigenvalue weighted by Crippen LogP contribution is 2.19. The molecule has 0 aliphatic carbocycles. The zero-order valence-corrected chi connectivity index (χ0v) is 11.1. The SMILES string of the molecule is N#Cc1ccc(C=CC(=O)N2C[C@H](O)C[C@H]2C(=O)O)cc1. The predicted octanol–water partition coefficient (Wildman–Crippen LogP) is 0.618. The average Bonchev–Trinajstić information content (AvgIpc) is 2.87. The Balaban J connectivity index is 2.07. The van der Waals surface area contributed by atoms with Gasteiger partial charge in [0.15, 0.2) is 0 Å². The molecule has 0 spiro atoms. The van der Waals surface area contributed by atoms with Crippen molar-refractivity contribution < 1.29 is 19.8 Å². The maximum Gasteiger partial charge on any atom is 0.326 e. The molecule has 108 valence electrons. The Morgan fingerprint density at radius 2 is 2.00 bits per heavy atom. The second-order valence-electron chi connectivity index (χ2n) is 4.80. The summed E-state index contributed by atoms with van der Waals surface area (Å²) in [5, 5.41) is 27.2. The number of hydrogen-bond acceptors (Lipinski definition) is 4. The minimum absolute atomic E-state index is 0.0213. The smallest absolute Gasteiger partial charge is 0.326 e. The van der Waals surface area contributed by atoms with Crippen LogP contribution < -0.4 is 0 Å². The Morgan fingerprint density at radius 1 is 1.33 bits per heavy atom. The fourth-order valence-electron chi connectivity index (χ4n) is 2.22. The predicted molar refractivity (Wildman–Crippen MR) is 74.0 cm³/mol. The second-order valence-corrected chi connectivity index (χ2v) is 4.80. The third-order valence-corrected chi connectivity index (χ3v) is 3.31.